The SMILES string of the molecule is Cn1cccc1[C@H]1CCC[NH+]1CC(=O)Nc1cc(Cl)ccc1-n1cncn1. The highest BCUT2D eigenvalue weighted by atomic mass is 35.5. The summed E-state index contributed by atoms with van der Waals surface area (Å²) in [6, 6.07) is 9.89. The zero-order chi connectivity index (χ0) is 18.8. The second-order valence-electron chi connectivity index (χ2n) is 6.87. The number of aromatic nitrogens is 4. The maximum Gasteiger partial charge on any atom is 0.279 e. The zero-order valence-electron chi connectivity index (χ0n) is 15.1. The average Bonchev–Trinajstić information content (AvgIpc) is 3.37. The number of hydrogen-bond acceptors (Lipinski definition) is 3. The van der Waals surface area contributed by atoms with E-state index in [-0.39, 0.29) is 5.91 Å². The van der Waals surface area contributed by atoms with E-state index in [1.807, 2.05) is 6.07 Å². The molecule has 8 heteroatoms. The van der Waals surface area contributed by atoms with Gasteiger partial charge in [-0.3, -0.25) is 4.79 Å². The Labute approximate surface area is 162 Å². The zero-order valence-corrected chi connectivity index (χ0v) is 15.9. The van der Waals surface area contributed by atoms with E-state index < -0.39 is 0 Å². The maximum absolute atomic E-state index is 12.8. The van der Waals surface area contributed by atoms with Crippen LogP contribution in [0, 0.1) is 0 Å². The van der Waals surface area contributed by atoms with Crippen molar-refractivity contribution in [1.29, 1.82) is 0 Å². The molecule has 0 radical (unpaired) electrons. The Hall–Kier alpha value is -2.64. The molecule has 7 nitrogen and oxygen atoms in total. The molecular formula is C19H22ClN6O+. The van der Waals surface area contributed by atoms with Crippen LogP contribution in [0.1, 0.15) is 24.6 Å². The molecule has 0 bridgehead atoms. The molecule has 1 aliphatic heterocycles. The molecule has 1 aliphatic rings. The lowest BCUT2D eigenvalue weighted by atomic mass is 10.1. The van der Waals surface area contributed by atoms with Gasteiger partial charge in [-0.05, 0) is 30.3 Å². The third-order valence-corrected chi connectivity index (χ3v) is 5.35. The number of amides is 1. The standard InChI is InChI=1S/C19H21ClN6O/c1-24-8-2-4-17(24)18-5-3-9-25(18)11-19(27)23-15-10-14(20)6-7-16(15)26-13-21-12-22-26/h2,4,6-8,10,12-13,18H,3,5,9,11H2,1H3,(H,23,27)/p+1/t18-/m1/s1. The molecule has 1 amide bonds. The molecular weight excluding hydrogens is 364 g/mol. The molecule has 0 spiro atoms. The lowest BCUT2D eigenvalue weighted by Gasteiger charge is -2.22. The van der Waals surface area contributed by atoms with Crippen LogP contribution in [-0.2, 0) is 11.8 Å². The van der Waals surface area contributed by atoms with Crippen LogP contribution in [-0.4, -0.2) is 38.3 Å². The van der Waals surface area contributed by atoms with E-state index in [0.29, 0.717) is 23.3 Å². The minimum atomic E-state index is -0.0326. The van der Waals surface area contributed by atoms with Crippen LogP contribution in [0.5, 0.6) is 0 Å². The largest absolute Gasteiger partial charge is 0.350 e. The normalized spacial score (nSPS) is 19.3. The lowest BCUT2D eigenvalue weighted by molar-refractivity contribution is -0.910. The van der Waals surface area contributed by atoms with Crippen molar-refractivity contribution in [3.05, 3.63) is 59.9 Å². The van der Waals surface area contributed by atoms with Crippen LogP contribution in [0.15, 0.2) is 49.2 Å². The summed E-state index contributed by atoms with van der Waals surface area (Å²) in [6.07, 6.45) is 7.33. The van der Waals surface area contributed by atoms with Gasteiger partial charge in [0.15, 0.2) is 6.54 Å². The number of nitrogens with zero attached hydrogens (tertiary/aromatic N) is 4. The Morgan fingerprint density at radius 2 is 2.30 bits per heavy atom. The number of likely N-dealkylation sites (tertiary alicyclic amines) is 1. The molecule has 1 unspecified atom stereocenters. The van der Waals surface area contributed by atoms with E-state index in [1.165, 1.54) is 16.9 Å². The van der Waals surface area contributed by atoms with Crippen LogP contribution in [0.2, 0.25) is 5.02 Å². The summed E-state index contributed by atoms with van der Waals surface area (Å²) in [5, 5.41) is 7.71. The summed E-state index contributed by atoms with van der Waals surface area (Å²) in [5.74, 6) is -0.0326. The predicted molar refractivity (Wildman–Crippen MR) is 103 cm³/mol. The molecule has 0 aliphatic carbocycles. The number of halogens is 1. The van der Waals surface area contributed by atoms with Crippen LogP contribution < -0.4 is 10.2 Å². The van der Waals surface area contributed by atoms with E-state index in [0.717, 1.165) is 25.1 Å². The monoisotopic (exact) mass is 385 g/mol. The van der Waals surface area contributed by atoms with Crippen molar-refractivity contribution in [2.24, 2.45) is 7.05 Å². The molecule has 2 atom stereocenters. The number of aryl methyl sites for hydroxylation is 1. The average molecular weight is 386 g/mol. The van der Waals surface area contributed by atoms with Crippen LogP contribution in [0.25, 0.3) is 5.69 Å². The quantitative estimate of drug-likeness (QED) is 0.701. The summed E-state index contributed by atoms with van der Waals surface area (Å²) < 4.78 is 3.76. The highest BCUT2D eigenvalue weighted by Gasteiger charge is 2.33. The summed E-state index contributed by atoms with van der Waals surface area (Å²) in [4.78, 5) is 18.0. The van der Waals surface area contributed by atoms with Gasteiger partial charge >= 0.3 is 0 Å². The molecule has 3 aromatic rings. The first-order chi connectivity index (χ1) is 13.1. The summed E-state index contributed by atoms with van der Waals surface area (Å²) in [7, 11) is 2.06. The molecule has 0 saturated carbocycles. The van der Waals surface area contributed by atoms with E-state index in [4.69, 9.17) is 11.6 Å². The topological polar surface area (TPSA) is 69.2 Å². The van der Waals surface area contributed by atoms with Crippen molar-refractivity contribution in [1.82, 2.24) is 19.3 Å². The molecule has 4 rings (SSSR count). The van der Waals surface area contributed by atoms with E-state index in [9.17, 15) is 4.79 Å². The second kappa shape index (κ2) is 7.54. The van der Waals surface area contributed by atoms with Gasteiger partial charge in [-0.15, -0.1) is 0 Å². The van der Waals surface area contributed by atoms with Gasteiger partial charge in [-0.2, -0.15) is 5.10 Å². The Balaban J connectivity index is 1.50. The third-order valence-electron chi connectivity index (χ3n) is 5.11. The lowest BCUT2D eigenvalue weighted by Crippen LogP contribution is -3.11. The molecule has 1 saturated heterocycles. The Morgan fingerprint density at radius 1 is 1.41 bits per heavy atom. The van der Waals surface area contributed by atoms with E-state index >= 15 is 0 Å². The fourth-order valence-electron chi connectivity index (χ4n) is 3.86. The summed E-state index contributed by atoms with van der Waals surface area (Å²) in [6.45, 7) is 1.41. The highest BCUT2D eigenvalue weighted by Crippen LogP contribution is 2.24. The fraction of sp³-hybridized carbons (Fsp3) is 0.316. The number of carbonyl (C=O) groups excluding carboxylic acids is 1. The first-order valence-corrected chi connectivity index (χ1v) is 9.40. The maximum atomic E-state index is 12.8. The summed E-state index contributed by atoms with van der Waals surface area (Å²) in [5.41, 5.74) is 2.65. The number of quaternary nitrogens is 1. The molecule has 140 valence electrons. The number of carbonyl (C=O) groups is 1. The van der Waals surface area contributed by atoms with Gasteiger partial charge < -0.3 is 14.8 Å². The number of nitrogens with one attached hydrogen (secondary N) is 2. The molecule has 1 aromatic carbocycles. The molecule has 2 aromatic heterocycles. The number of benzene rings is 1. The first kappa shape index (κ1) is 17.8. The number of anilines is 1. The van der Waals surface area contributed by atoms with E-state index in [1.54, 1.807) is 23.1 Å². The molecule has 2 N–H and O–H groups in total. The smallest absolute Gasteiger partial charge is 0.279 e. The Kier molecular flexibility index (Phi) is 4.96. The summed E-state index contributed by atoms with van der Waals surface area (Å²) >= 11 is 6.14. The first-order valence-electron chi connectivity index (χ1n) is 9.02. The fourth-order valence-corrected chi connectivity index (χ4v) is 4.03. The minimum absolute atomic E-state index is 0.0326. The van der Waals surface area contributed by atoms with Gasteiger partial charge in [0.25, 0.3) is 5.91 Å². The van der Waals surface area contributed by atoms with Gasteiger partial charge in [0, 0.05) is 31.1 Å². The Bertz CT molecular complexity index is 936. The second-order valence-corrected chi connectivity index (χ2v) is 7.31. The molecule has 1 fully saturated rings. The van der Waals surface area contributed by atoms with Crippen molar-refractivity contribution in [2.75, 3.05) is 18.4 Å². The van der Waals surface area contributed by atoms with Gasteiger partial charge in [0.2, 0.25) is 0 Å². The molecule has 3 heterocycles. The minimum Gasteiger partial charge on any atom is -0.350 e. The van der Waals surface area contributed by atoms with Crippen LogP contribution in [0.3, 0.4) is 0 Å². The van der Waals surface area contributed by atoms with Gasteiger partial charge in [0.1, 0.15) is 18.7 Å². The molecule has 27 heavy (non-hydrogen) atoms. The van der Waals surface area contributed by atoms with Crippen LogP contribution in [0.4, 0.5) is 5.69 Å². The van der Waals surface area contributed by atoms with Crippen molar-refractivity contribution >= 4 is 23.2 Å². The third kappa shape index (κ3) is 3.74. The highest BCUT2D eigenvalue weighted by molar-refractivity contribution is 6.31. The van der Waals surface area contributed by atoms with Crippen molar-refractivity contribution in [2.45, 2.75) is 18.9 Å². The number of hydrogen-bond donors (Lipinski definition) is 2. The van der Waals surface area contributed by atoms with Crippen LogP contribution >= 0.6 is 11.6 Å². The van der Waals surface area contributed by atoms with E-state index in [2.05, 4.69) is 45.3 Å². The van der Waals surface area contributed by atoms with Gasteiger partial charge in [-0.1, -0.05) is 11.6 Å². The van der Waals surface area contributed by atoms with Crippen molar-refractivity contribution in [3.63, 3.8) is 0 Å². The Morgan fingerprint density at radius 3 is 3.04 bits per heavy atom. The van der Waals surface area contributed by atoms with Crippen molar-refractivity contribution < 1.29 is 9.69 Å². The van der Waals surface area contributed by atoms with Gasteiger partial charge in [0.05, 0.1) is 23.6 Å². The van der Waals surface area contributed by atoms with Crippen molar-refractivity contribution in [3.8, 4) is 5.69 Å². The predicted octanol–water partition coefficient (Wildman–Crippen LogP) is 1.62. The number of rotatable bonds is 5. The van der Waals surface area contributed by atoms with Gasteiger partial charge in [-0.25, -0.2) is 9.67 Å².